The second-order valence-corrected chi connectivity index (χ2v) is 1.73. The molecule has 0 rings (SSSR count). The molecule has 0 fully saturated rings. The largest absolute Gasteiger partial charge is 0.405 e. The molecule has 0 aliphatic heterocycles. The first-order valence-corrected chi connectivity index (χ1v) is 7.40. The highest BCUT2D eigenvalue weighted by Crippen LogP contribution is 1.61. The van der Waals surface area contributed by atoms with Crippen LogP contribution in [0.4, 0.5) is 0 Å². The maximum atomic E-state index is 10.0. The van der Waals surface area contributed by atoms with Gasteiger partial charge in [0.25, 0.3) is 0 Å². The lowest BCUT2D eigenvalue weighted by molar-refractivity contribution is -0.118. The van der Waals surface area contributed by atoms with Crippen LogP contribution in [-0.4, -0.2) is 5.91 Å². The van der Waals surface area contributed by atoms with Gasteiger partial charge in [0.1, 0.15) is 0 Å². The van der Waals surface area contributed by atoms with Crippen LogP contribution in [0.1, 0.15) is 76.2 Å². The predicted octanol–water partition coefficient (Wildman–Crippen LogP) is 5.24. The van der Waals surface area contributed by atoms with E-state index in [9.17, 15) is 4.79 Å². The highest BCUT2D eigenvalue weighted by Gasteiger charge is 1.77. The summed E-state index contributed by atoms with van der Waals surface area (Å²) in [5.74, 6) is -0.0295. The van der Waals surface area contributed by atoms with Crippen molar-refractivity contribution >= 4 is 5.91 Å². The maximum Gasteiger partial charge on any atom is 0.220 e. The molecule has 0 aromatic rings. The van der Waals surface area contributed by atoms with E-state index < -0.39 is 0 Å². The normalized spacial score (nSPS) is 6.68. The Balaban J connectivity index is -0.0000000304. The van der Waals surface area contributed by atoms with E-state index in [1.54, 1.807) is 18.4 Å². The maximum absolute atomic E-state index is 10.0. The van der Waals surface area contributed by atoms with Gasteiger partial charge in [-0.25, -0.2) is 0 Å². The highest BCUT2D eigenvalue weighted by atomic mass is 16.1. The van der Waals surface area contributed by atoms with Crippen molar-refractivity contribution in [1.29, 1.82) is 0 Å². The molecule has 3 nitrogen and oxygen atoms in total. The number of carbonyl (C=O) groups is 1. The Hall–Kier alpha value is -1.25. The van der Waals surface area contributed by atoms with E-state index in [-0.39, 0.29) is 5.91 Å². The summed E-state index contributed by atoms with van der Waals surface area (Å²) >= 11 is 0. The molecular formula is C16H40N2O. The molecule has 1 amide bonds. The molecule has 0 bridgehead atoms. The lowest BCUT2D eigenvalue weighted by Gasteiger charge is -1.85. The fourth-order valence-electron chi connectivity index (χ4n) is 0.201. The van der Waals surface area contributed by atoms with Crippen molar-refractivity contribution in [2.24, 2.45) is 5.73 Å². The monoisotopic (exact) mass is 276 g/mol. The molecule has 3 heteroatoms. The standard InChI is InChI=1S/C5H9NO.C3H7N.4C2H6/c1-3-4-6-5(2)7;1-2-3-4;4*1-2/h3-4H,1-2H3,(H,6,7);2-3H,4H2,1H3;4*1-2H3/b4-3-;3-2-;;;;. The Morgan fingerprint density at radius 2 is 1.11 bits per heavy atom. The zero-order valence-electron chi connectivity index (χ0n) is 15.3. The molecule has 0 saturated heterocycles. The summed E-state index contributed by atoms with van der Waals surface area (Å²) < 4.78 is 0. The lowest BCUT2D eigenvalue weighted by atomic mass is 10.6. The summed E-state index contributed by atoms with van der Waals surface area (Å²) in [6, 6.07) is 0. The third-order valence-electron chi connectivity index (χ3n) is 0.646. The van der Waals surface area contributed by atoms with Crippen molar-refractivity contribution in [3.63, 3.8) is 0 Å². The molecule has 19 heavy (non-hydrogen) atoms. The Morgan fingerprint density at radius 3 is 1.16 bits per heavy atom. The molecule has 0 saturated carbocycles. The molecule has 0 aliphatic carbocycles. The van der Waals surface area contributed by atoms with E-state index in [1.807, 2.05) is 69.2 Å². The van der Waals surface area contributed by atoms with Crippen LogP contribution in [0, 0.1) is 0 Å². The minimum Gasteiger partial charge on any atom is -0.405 e. The van der Waals surface area contributed by atoms with Crippen molar-refractivity contribution in [2.45, 2.75) is 76.2 Å². The molecule has 0 unspecified atom stereocenters. The summed E-state index contributed by atoms with van der Waals surface area (Å²) in [6.07, 6.45) is 6.64. The first-order valence-electron chi connectivity index (χ1n) is 7.40. The zero-order valence-corrected chi connectivity index (χ0v) is 15.3. The van der Waals surface area contributed by atoms with Gasteiger partial charge in [0, 0.05) is 6.92 Å². The van der Waals surface area contributed by atoms with Gasteiger partial charge in [-0.05, 0) is 26.2 Å². The number of nitrogens with two attached hydrogens (primary N) is 1. The van der Waals surface area contributed by atoms with E-state index in [2.05, 4.69) is 5.32 Å². The molecule has 3 N–H and O–H groups in total. The molecule has 0 atom stereocenters. The van der Waals surface area contributed by atoms with Crippen LogP contribution < -0.4 is 11.1 Å². The van der Waals surface area contributed by atoms with Gasteiger partial charge in [-0.2, -0.15) is 0 Å². The van der Waals surface area contributed by atoms with Crippen molar-refractivity contribution in [3.05, 3.63) is 24.6 Å². The minimum atomic E-state index is -0.0295. The SMILES string of the molecule is C/C=C\N.C/C=C\NC(C)=O.CC.CC.CC.CC. The van der Waals surface area contributed by atoms with Gasteiger partial charge < -0.3 is 11.1 Å². The first kappa shape index (κ1) is 36.1. The summed E-state index contributed by atoms with van der Waals surface area (Å²) in [4.78, 5) is 10.0. The predicted molar refractivity (Wildman–Crippen MR) is 93.0 cm³/mol. The molecular weight excluding hydrogens is 236 g/mol. The molecule has 0 radical (unpaired) electrons. The van der Waals surface area contributed by atoms with Gasteiger partial charge in [-0.15, -0.1) is 0 Å². The van der Waals surface area contributed by atoms with E-state index >= 15 is 0 Å². The Bertz CT molecular complexity index is 138. The van der Waals surface area contributed by atoms with Crippen LogP contribution >= 0.6 is 0 Å². The zero-order chi connectivity index (χ0) is 17.1. The van der Waals surface area contributed by atoms with Gasteiger partial charge in [-0.3, -0.25) is 4.79 Å². The number of allylic oxidation sites excluding steroid dienone is 2. The molecule has 0 aromatic heterocycles. The van der Waals surface area contributed by atoms with Crippen molar-refractivity contribution in [1.82, 2.24) is 5.32 Å². The van der Waals surface area contributed by atoms with Crippen LogP contribution in [0.25, 0.3) is 0 Å². The number of amides is 1. The van der Waals surface area contributed by atoms with E-state index in [0.717, 1.165) is 0 Å². The first-order chi connectivity index (χ1) is 9.18. The van der Waals surface area contributed by atoms with Crippen molar-refractivity contribution in [2.75, 3.05) is 0 Å². The third kappa shape index (κ3) is 259. The quantitative estimate of drug-likeness (QED) is 0.688. The Kier molecular flexibility index (Phi) is 173. The summed E-state index contributed by atoms with van der Waals surface area (Å²) in [5.41, 5.74) is 4.85. The summed E-state index contributed by atoms with van der Waals surface area (Å²) in [7, 11) is 0. The summed E-state index contributed by atoms with van der Waals surface area (Å²) in [6.45, 7) is 21.2. The number of rotatable bonds is 1. The topological polar surface area (TPSA) is 55.1 Å². The van der Waals surface area contributed by atoms with Crippen molar-refractivity contribution in [3.8, 4) is 0 Å². The molecule has 0 aromatic carbocycles. The van der Waals surface area contributed by atoms with Gasteiger partial charge in [0.15, 0.2) is 0 Å². The Labute approximate surface area is 123 Å². The van der Waals surface area contributed by atoms with E-state index in [4.69, 9.17) is 5.73 Å². The number of hydrogen-bond acceptors (Lipinski definition) is 2. The van der Waals surface area contributed by atoms with Crippen LogP contribution in [0.15, 0.2) is 24.6 Å². The van der Waals surface area contributed by atoms with Gasteiger partial charge in [0.05, 0.1) is 0 Å². The minimum absolute atomic E-state index is 0.0295. The van der Waals surface area contributed by atoms with Gasteiger partial charge >= 0.3 is 0 Å². The fourth-order valence-corrected chi connectivity index (χ4v) is 0.201. The van der Waals surface area contributed by atoms with E-state index in [1.165, 1.54) is 13.1 Å². The van der Waals surface area contributed by atoms with Crippen LogP contribution in [0.5, 0.6) is 0 Å². The highest BCUT2D eigenvalue weighted by molar-refractivity contribution is 5.73. The second kappa shape index (κ2) is 91.2. The van der Waals surface area contributed by atoms with Crippen LogP contribution in [0.2, 0.25) is 0 Å². The molecule has 0 aliphatic rings. The Morgan fingerprint density at radius 1 is 0.842 bits per heavy atom. The number of hydrogen-bond donors (Lipinski definition) is 2. The van der Waals surface area contributed by atoms with E-state index in [0.29, 0.717) is 0 Å². The van der Waals surface area contributed by atoms with Gasteiger partial charge in [0.2, 0.25) is 5.91 Å². The van der Waals surface area contributed by atoms with Crippen LogP contribution in [-0.2, 0) is 4.79 Å². The summed E-state index contributed by atoms with van der Waals surface area (Å²) in [5, 5.41) is 2.48. The van der Waals surface area contributed by atoms with Crippen LogP contribution in [0.3, 0.4) is 0 Å². The molecule has 0 heterocycles. The molecule has 120 valence electrons. The fraction of sp³-hybridized carbons (Fsp3) is 0.688. The molecule has 0 spiro atoms. The van der Waals surface area contributed by atoms with Gasteiger partial charge in [-0.1, -0.05) is 67.5 Å². The smallest absolute Gasteiger partial charge is 0.220 e. The average molecular weight is 277 g/mol. The second-order valence-electron chi connectivity index (χ2n) is 1.73. The third-order valence-corrected chi connectivity index (χ3v) is 0.646. The van der Waals surface area contributed by atoms with Crippen molar-refractivity contribution < 1.29 is 4.79 Å². The number of carbonyl (C=O) groups excluding carboxylic acids is 1. The lowest BCUT2D eigenvalue weighted by Crippen LogP contribution is -2.10. The number of nitrogens with one attached hydrogen (secondary N) is 1. The average Bonchev–Trinajstić information content (AvgIpc) is 2.53.